The predicted molar refractivity (Wildman–Crippen MR) is 49.4 cm³/mol. The monoisotopic (exact) mass is 204 g/mol. The first-order chi connectivity index (χ1) is 6.61. The van der Waals surface area contributed by atoms with Crippen molar-refractivity contribution in [2.24, 2.45) is 11.5 Å². The number of hydrogen-bond acceptors (Lipinski definition) is 6. The fourth-order valence-electron chi connectivity index (χ4n) is 0.583. The summed E-state index contributed by atoms with van der Waals surface area (Å²) in [5.74, 6) is -0.867. The number of carbonyl (C=O) groups excluding carboxylic acids is 2. The average Bonchev–Trinajstić information content (AvgIpc) is 2.16. The Kier molecular flexibility index (Phi) is 6.69. The zero-order chi connectivity index (χ0) is 11.0. The van der Waals surface area contributed by atoms with Crippen molar-refractivity contribution in [2.45, 2.75) is 25.8 Å². The Hall–Kier alpha value is -1.14. The van der Waals surface area contributed by atoms with Crippen LogP contribution in [0.1, 0.15) is 19.8 Å². The third-order valence-electron chi connectivity index (χ3n) is 1.46. The number of rotatable bonds is 5. The molecule has 1 atom stereocenters. The normalized spacial score (nSPS) is 11.9. The van der Waals surface area contributed by atoms with Crippen LogP contribution in [0.4, 0.5) is 4.79 Å². The lowest BCUT2D eigenvalue weighted by atomic mass is 10.3. The first kappa shape index (κ1) is 12.9. The Morgan fingerprint density at radius 1 is 1.43 bits per heavy atom. The molecule has 0 aliphatic heterocycles. The van der Waals surface area contributed by atoms with Crippen molar-refractivity contribution in [1.29, 1.82) is 0 Å². The van der Waals surface area contributed by atoms with Gasteiger partial charge in [-0.2, -0.15) is 0 Å². The van der Waals surface area contributed by atoms with Gasteiger partial charge >= 0.3 is 12.1 Å². The fraction of sp³-hybridized carbons (Fsp3) is 0.750. The second kappa shape index (κ2) is 7.28. The van der Waals surface area contributed by atoms with Crippen LogP contribution in [0.5, 0.6) is 0 Å². The minimum Gasteiger partial charge on any atom is -0.434 e. The molecule has 0 radical (unpaired) electrons. The average molecular weight is 204 g/mol. The summed E-state index contributed by atoms with van der Waals surface area (Å²) in [5.41, 5.74) is 10.3. The van der Waals surface area contributed by atoms with E-state index in [-0.39, 0.29) is 13.2 Å². The summed E-state index contributed by atoms with van der Waals surface area (Å²) < 4.78 is 8.81. The molecule has 0 aromatic rings. The second-order valence-corrected chi connectivity index (χ2v) is 2.72. The van der Waals surface area contributed by atoms with Gasteiger partial charge in [-0.25, -0.2) is 9.59 Å². The zero-order valence-electron chi connectivity index (χ0n) is 8.19. The summed E-state index contributed by atoms with van der Waals surface area (Å²) in [4.78, 5) is 21.7. The van der Waals surface area contributed by atoms with E-state index in [0.29, 0.717) is 0 Å². The molecule has 82 valence electrons. The summed E-state index contributed by atoms with van der Waals surface area (Å²) in [6.07, 6.45) is 0.600. The van der Waals surface area contributed by atoms with Crippen LogP contribution in [0.25, 0.3) is 0 Å². The highest BCUT2D eigenvalue weighted by molar-refractivity contribution is 5.85. The topological polar surface area (TPSA) is 105 Å². The van der Waals surface area contributed by atoms with Crippen molar-refractivity contribution < 1.29 is 19.1 Å². The Morgan fingerprint density at radius 2 is 2.07 bits per heavy atom. The third kappa shape index (κ3) is 5.50. The van der Waals surface area contributed by atoms with Crippen molar-refractivity contribution in [3.8, 4) is 0 Å². The van der Waals surface area contributed by atoms with Crippen LogP contribution >= 0.6 is 0 Å². The molecule has 0 heterocycles. The predicted octanol–water partition coefficient (Wildman–Crippen LogP) is -0.248. The minimum atomic E-state index is -1.02. The van der Waals surface area contributed by atoms with Crippen LogP contribution < -0.4 is 11.5 Å². The molecular weight excluding hydrogens is 188 g/mol. The summed E-state index contributed by atoms with van der Waals surface area (Å²) in [6.45, 7) is 2.12. The van der Waals surface area contributed by atoms with E-state index < -0.39 is 18.2 Å². The molecule has 0 spiro atoms. The number of ether oxygens (including phenoxy) is 2. The van der Waals surface area contributed by atoms with Crippen molar-refractivity contribution >= 4 is 12.1 Å². The van der Waals surface area contributed by atoms with E-state index in [9.17, 15) is 9.59 Å². The van der Waals surface area contributed by atoms with Crippen LogP contribution in [0, 0.1) is 0 Å². The van der Waals surface area contributed by atoms with Crippen molar-refractivity contribution in [2.75, 3.05) is 13.2 Å². The van der Waals surface area contributed by atoms with Gasteiger partial charge in [-0.05, 0) is 6.42 Å². The van der Waals surface area contributed by atoms with Gasteiger partial charge in [-0.15, -0.1) is 0 Å². The molecule has 4 N–H and O–H groups in total. The Balaban J connectivity index is 3.66. The van der Waals surface area contributed by atoms with E-state index in [0.717, 1.165) is 12.8 Å². The van der Waals surface area contributed by atoms with Crippen LogP contribution in [0.15, 0.2) is 0 Å². The lowest BCUT2D eigenvalue weighted by Gasteiger charge is -2.07. The summed E-state index contributed by atoms with van der Waals surface area (Å²) in [5, 5.41) is 0. The quantitative estimate of drug-likeness (QED) is 0.363. The van der Waals surface area contributed by atoms with Gasteiger partial charge in [0.2, 0.25) is 0 Å². The molecule has 0 unspecified atom stereocenters. The molecule has 0 aliphatic carbocycles. The molecule has 14 heavy (non-hydrogen) atoms. The molecule has 0 aromatic carbocycles. The highest BCUT2D eigenvalue weighted by atomic mass is 16.7. The summed E-state index contributed by atoms with van der Waals surface area (Å²) in [7, 11) is 0. The number of unbranched alkanes of at least 4 members (excludes halogenated alkanes) is 1. The van der Waals surface area contributed by atoms with Crippen molar-refractivity contribution in [3.05, 3.63) is 0 Å². The van der Waals surface area contributed by atoms with Gasteiger partial charge in [0.1, 0.15) is 6.04 Å². The van der Waals surface area contributed by atoms with Crippen molar-refractivity contribution in [3.63, 3.8) is 0 Å². The number of esters is 1. The van der Waals surface area contributed by atoms with Gasteiger partial charge in [-0.3, -0.25) is 0 Å². The lowest BCUT2D eigenvalue weighted by molar-refractivity contribution is -0.141. The molecule has 0 aliphatic rings. The van der Waals surface area contributed by atoms with Crippen LogP contribution in [-0.2, 0) is 14.3 Å². The molecular formula is C8H16N2O4. The highest BCUT2D eigenvalue weighted by Gasteiger charge is 2.17. The van der Waals surface area contributed by atoms with Gasteiger partial charge < -0.3 is 20.9 Å². The van der Waals surface area contributed by atoms with Crippen LogP contribution in [0.2, 0.25) is 0 Å². The number of nitrogens with two attached hydrogens (primary N) is 2. The molecule has 0 aromatic heterocycles. The first-order valence-electron chi connectivity index (χ1n) is 4.45. The third-order valence-corrected chi connectivity index (χ3v) is 1.46. The first-order valence-corrected chi connectivity index (χ1v) is 4.45. The molecule has 6 nitrogen and oxygen atoms in total. The van der Waals surface area contributed by atoms with E-state index in [1.165, 1.54) is 0 Å². The van der Waals surface area contributed by atoms with Crippen LogP contribution in [-0.4, -0.2) is 31.3 Å². The maximum absolute atomic E-state index is 10.9. The van der Waals surface area contributed by atoms with E-state index in [4.69, 9.17) is 11.5 Å². The minimum absolute atomic E-state index is 0.0684. The molecule has 6 heteroatoms. The van der Waals surface area contributed by atoms with Gasteiger partial charge in [0.05, 0.1) is 6.61 Å². The van der Waals surface area contributed by atoms with E-state index in [1.54, 1.807) is 0 Å². The van der Waals surface area contributed by atoms with Crippen LogP contribution in [0.3, 0.4) is 0 Å². The van der Waals surface area contributed by atoms with Crippen molar-refractivity contribution in [1.82, 2.24) is 0 Å². The fourth-order valence-corrected chi connectivity index (χ4v) is 0.583. The standard InChI is InChI=1S/C8H16N2O4/c1-2-3-4-13-8(12)14-7(11)6(10)5-9/h6H,2-5,9-10H2,1H3/t6-/m0/s1. The van der Waals surface area contributed by atoms with E-state index in [2.05, 4.69) is 9.47 Å². The summed E-state index contributed by atoms with van der Waals surface area (Å²) >= 11 is 0. The van der Waals surface area contributed by atoms with Gasteiger partial charge in [-0.1, -0.05) is 13.3 Å². The smallest absolute Gasteiger partial charge is 0.434 e. The molecule has 0 amide bonds. The summed E-state index contributed by atoms with van der Waals surface area (Å²) in [6, 6.07) is -0.978. The molecule has 0 bridgehead atoms. The largest absolute Gasteiger partial charge is 0.516 e. The van der Waals surface area contributed by atoms with Gasteiger partial charge in [0.15, 0.2) is 0 Å². The van der Waals surface area contributed by atoms with Gasteiger partial charge in [0, 0.05) is 6.54 Å². The Bertz CT molecular complexity index is 196. The number of carbonyl (C=O) groups is 2. The Morgan fingerprint density at radius 3 is 2.57 bits per heavy atom. The Labute approximate surface area is 82.5 Å². The second-order valence-electron chi connectivity index (χ2n) is 2.72. The molecule has 0 rings (SSSR count). The number of hydrogen-bond donors (Lipinski definition) is 2. The molecule has 0 fully saturated rings. The zero-order valence-corrected chi connectivity index (χ0v) is 8.19. The maximum atomic E-state index is 10.9. The lowest BCUT2D eigenvalue weighted by Crippen LogP contribution is -2.40. The highest BCUT2D eigenvalue weighted by Crippen LogP contribution is 1.93. The maximum Gasteiger partial charge on any atom is 0.516 e. The van der Waals surface area contributed by atoms with Gasteiger partial charge in [0.25, 0.3) is 0 Å². The molecule has 0 saturated carbocycles. The molecule has 0 saturated heterocycles. The SMILES string of the molecule is CCCCOC(=O)OC(=O)[C@@H](N)CN. The van der Waals surface area contributed by atoms with E-state index in [1.807, 2.05) is 6.92 Å². The van der Waals surface area contributed by atoms with E-state index >= 15 is 0 Å².